The van der Waals surface area contributed by atoms with Crippen LogP contribution in [-0.4, -0.2) is 97.0 Å². The molecule has 3 aromatic rings. The predicted molar refractivity (Wildman–Crippen MR) is 185 cm³/mol. The van der Waals surface area contributed by atoms with Gasteiger partial charge in [-0.2, -0.15) is 21.8 Å². The van der Waals surface area contributed by atoms with Crippen LogP contribution in [0.4, 0.5) is 0 Å². The molecule has 1 saturated heterocycles. The number of sulfonamides is 2. The number of hydrogen-bond donors (Lipinski definition) is 1. The quantitative estimate of drug-likeness (QED) is 0.193. The van der Waals surface area contributed by atoms with Crippen molar-refractivity contribution in [3.05, 3.63) is 120 Å². The lowest BCUT2D eigenvalue weighted by molar-refractivity contribution is 0.496. The first-order chi connectivity index (χ1) is 21.6. The minimum absolute atomic E-state index is 0.0656. The average molecular weight is 691 g/mol. The van der Waals surface area contributed by atoms with Crippen molar-refractivity contribution >= 4 is 30.3 Å². The summed E-state index contributed by atoms with van der Waals surface area (Å²) in [5.41, 5.74) is 3.19. The van der Waals surface area contributed by atoms with Crippen LogP contribution in [0.25, 0.3) is 0 Å². The van der Waals surface area contributed by atoms with Crippen LogP contribution in [-0.2, 0) is 49.5 Å². The molecule has 0 radical (unpaired) electrons. The minimum Gasteiger partial charge on any atom is -0.212 e. The van der Waals surface area contributed by atoms with Crippen molar-refractivity contribution in [1.82, 2.24) is 17.6 Å². The third-order valence-electron chi connectivity index (χ3n) is 7.42. The molecule has 1 aliphatic heterocycles. The van der Waals surface area contributed by atoms with Crippen molar-refractivity contribution < 1.29 is 25.3 Å². The molecule has 1 fully saturated rings. The molecule has 4 rings (SSSR count). The molecule has 10 nitrogen and oxygen atoms in total. The Morgan fingerprint density at radius 2 is 1.20 bits per heavy atom. The molecule has 0 aliphatic carbocycles. The first-order valence-corrected chi connectivity index (χ1v) is 19.8. The molecule has 0 saturated carbocycles. The Bertz CT molecular complexity index is 1630. The van der Waals surface area contributed by atoms with E-state index in [1.165, 1.54) is 48.6 Å². The molecular weight excluding hydrogens is 645 g/mol. The lowest BCUT2D eigenvalue weighted by atomic mass is 9.98. The van der Waals surface area contributed by atoms with E-state index in [9.17, 15) is 25.3 Å². The molecule has 46 heavy (non-hydrogen) atoms. The second-order valence-electron chi connectivity index (χ2n) is 11.8. The number of rotatable bonds is 15. The van der Waals surface area contributed by atoms with E-state index in [0.717, 1.165) is 21.9 Å². The topological polar surface area (TPSA) is 124 Å². The van der Waals surface area contributed by atoms with E-state index in [-0.39, 0.29) is 17.7 Å². The highest BCUT2D eigenvalue weighted by atomic mass is 32.2. The fraction of sp³-hybridized carbons (Fsp3) is 0.394. The van der Waals surface area contributed by atoms with Crippen molar-refractivity contribution in [1.29, 1.82) is 0 Å². The molecule has 252 valence electrons. The summed E-state index contributed by atoms with van der Waals surface area (Å²) in [5.74, 6) is -0.379. The second-order valence-corrected chi connectivity index (χ2v) is 17.9. The van der Waals surface area contributed by atoms with Gasteiger partial charge in [0, 0.05) is 46.8 Å². The van der Waals surface area contributed by atoms with E-state index >= 15 is 0 Å². The van der Waals surface area contributed by atoms with Crippen LogP contribution in [0, 0.1) is 5.92 Å². The van der Waals surface area contributed by atoms with Crippen molar-refractivity contribution in [2.75, 3.05) is 46.7 Å². The molecule has 0 bridgehead atoms. The summed E-state index contributed by atoms with van der Waals surface area (Å²) < 4.78 is 78.8. The number of allylic oxidation sites excluding steroid dienone is 1. The summed E-state index contributed by atoms with van der Waals surface area (Å²) in [4.78, 5) is 0. The number of hydrogen-bond acceptors (Lipinski definition) is 6. The Hall–Kier alpha value is -2.91. The van der Waals surface area contributed by atoms with Gasteiger partial charge in [0.25, 0.3) is 10.2 Å². The van der Waals surface area contributed by atoms with E-state index in [1.54, 1.807) is 6.08 Å². The van der Waals surface area contributed by atoms with Crippen LogP contribution in [0.3, 0.4) is 0 Å². The fourth-order valence-corrected chi connectivity index (χ4v) is 7.63. The molecule has 1 N–H and O–H groups in total. The van der Waals surface area contributed by atoms with Gasteiger partial charge in [0.05, 0.1) is 12.0 Å². The Kier molecular flexibility index (Phi) is 13.7. The van der Waals surface area contributed by atoms with Crippen molar-refractivity contribution in [3.8, 4) is 0 Å². The maximum Gasteiger partial charge on any atom is 0.279 e. The number of nitrogens with one attached hydrogen (secondary N) is 1. The summed E-state index contributed by atoms with van der Waals surface area (Å²) >= 11 is 0. The van der Waals surface area contributed by atoms with Crippen molar-refractivity contribution in [2.24, 2.45) is 5.92 Å². The SMILES string of the molecule is CN(C)S(=O)(=O)C[C@H](/C=C/[C@H](Cc1ccccc1)NS(=O)(=O)N(C)C)Cc1ccccc1.CS(=O)(=O)N1C[C@@H]1Cc1ccccc1. The summed E-state index contributed by atoms with van der Waals surface area (Å²) in [6.45, 7) is 0.674. The molecule has 1 aliphatic rings. The average Bonchev–Trinajstić information content (AvgIpc) is 3.77. The highest BCUT2D eigenvalue weighted by molar-refractivity contribution is 7.89. The van der Waals surface area contributed by atoms with Gasteiger partial charge in [0.1, 0.15) is 0 Å². The maximum absolute atomic E-state index is 12.6. The van der Waals surface area contributed by atoms with Gasteiger partial charge in [-0.05, 0) is 41.9 Å². The van der Waals surface area contributed by atoms with Gasteiger partial charge in [-0.25, -0.2) is 21.1 Å². The van der Waals surface area contributed by atoms with Gasteiger partial charge in [0.15, 0.2) is 0 Å². The Morgan fingerprint density at radius 3 is 1.63 bits per heavy atom. The third kappa shape index (κ3) is 12.7. The maximum atomic E-state index is 12.6. The van der Waals surface area contributed by atoms with Crippen molar-refractivity contribution in [3.63, 3.8) is 0 Å². The van der Waals surface area contributed by atoms with E-state index < -0.39 is 36.3 Å². The Labute approximate surface area is 276 Å². The molecule has 13 heteroatoms. The number of benzene rings is 3. The predicted octanol–water partition coefficient (Wildman–Crippen LogP) is 3.17. The lowest BCUT2D eigenvalue weighted by Gasteiger charge is -2.21. The van der Waals surface area contributed by atoms with Crippen LogP contribution < -0.4 is 4.72 Å². The molecule has 4 atom stereocenters. The Balaban J connectivity index is 0.000000339. The summed E-state index contributed by atoms with van der Waals surface area (Å²) in [6.07, 6.45) is 6.66. The lowest BCUT2D eigenvalue weighted by Crippen LogP contribution is -2.42. The minimum atomic E-state index is -3.67. The van der Waals surface area contributed by atoms with Crippen LogP contribution in [0.1, 0.15) is 16.7 Å². The van der Waals surface area contributed by atoms with Crippen molar-refractivity contribution in [2.45, 2.75) is 31.3 Å². The molecular formula is C33H46N4O6S3. The normalized spacial score (nSPS) is 18.2. The smallest absolute Gasteiger partial charge is 0.212 e. The van der Waals surface area contributed by atoms with E-state index in [1.807, 2.05) is 97.1 Å². The van der Waals surface area contributed by atoms with E-state index in [2.05, 4.69) is 4.72 Å². The van der Waals surface area contributed by atoms with Gasteiger partial charge in [0.2, 0.25) is 20.0 Å². The molecule has 0 aromatic heterocycles. The molecule has 1 heterocycles. The molecule has 1 unspecified atom stereocenters. The van der Waals surface area contributed by atoms with Crippen LogP contribution in [0.15, 0.2) is 103 Å². The van der Waals surface area contributed by atoms with Crippen LogP contribution in [0.2, 0.25) is 0 Å². The first-order valence-electron chi connectivity index (χ1n) is 14.9. The van der Waals surface area contributed by atoms with Gasteiger partial charge in [-0.3, -0.25) is 0 Å². The van der Waals surface area contributed by atoms with Gasteiger partial charge in [-0.1, -0.05) is 103 Å². The molecule has 3 aromatic carbocycles. The number of nitrogens with zero attached hydrogens (tertiary/aromatic N) is 3. The van der Waals surface area contributed by atoms with Gasteiger partial charge in [-0.15, -0.1) is 0 Å². The van der Waals surface area contributed by atoms with Crippen LogP contribution >= 0.6 is 0 Å². The fourth-order valence-electron chi connectivity index (χ4n) is 4.74. The zero-order chi connectivity index (χ0) is 34.0. The highest BCUT2D eigenvalue weighted by Gasteiger charge is 2.40. The summed E-state index contributed by atoms with van der Waals surface area (Å²) in [5, 5.41) is 0. The first kappa shape index (κ1) is 37.5. The zero-order valence-electron chi connectivity index (χ0n) is 27.1. The standard InChI is InChI=1S/C23H33N3O4S2.C10H13NO2S/c1-25(2)31(27,28)19-22(17-20-11-7-5-8-12-20)15-16-23(24-32(29,30)26(3)4)18-21-13-9-6-10-14-21;1-14(12,13)11-8-10(11)7-9-5-3-2-4-6-9/h5-16,22-24H,17-19H2,1-4H3;2-6,10H,7-8H2,1H3/b16-15+;/t22-,23-;10-,11?/m10/s1. The molecule has 0 amide bonds. The monoisotopic (exact) mass is 690 g/mol. The summed E-state index contributed by atoms with van der Waals surface area (Å²) in [6, 6.07) is 28.9. The highest BCUT2D eigenvalue weighted by Crippen LogP contribution is 2.25. The van der Waals surface area contributed by atoms with Gasteiger partial charge >= 0.3 is 0 Å². The Morgan fingerprint density at radius 1 is 0.717 bits per heavy atom. The van der Waals surface area contributed by atoms with E-state index in [0.29, 0.717) is 19.4 Å². The largest absolute Gasteiger partial charge is 0.279 e. The van der Waals surface area contributed by atoms with E-state index in [4.69, 9.17) is 0 Å². The van der Waals surface area contributed by atoms with Crippen LogP contribution in [0.5, 0.6) is 0 Å². The molecule has 0 spiro atoms. The zero-order valence-corrected chi connectivity index (χ0v) is 29.5. The second kappa shape index (κ2) is 16.8. The summed E-state index contributed by atoms with van der Waals surface area (Å²) in [7, 11) is -4.11. The van der Waals surface area contributed by atoms with Gasteiger partial charge < -0.3 is 0 Å². The third-order valence-corrected chi connectivity index (χ3v) is 12.2.